The quantitative estimate of drug-likeness (QED) is 0.739. The Morgan fingerprint density at radius 3 is 2.86 bits per heavy atom. The summed E-state index contributed by atoms with van der Waals surface area (Å²) in [7, 11) is 1.71. The third-order valence-electron chi connectivity index (χ3n) is 2.67. The summed E-state index contributed by atoms with van der Waals surface area (Å²) in [5, 5.41) is 0. The van der Waals surface area contributed by atoms with Gasteiger partial charge in [0.15, 0.2) is 0 Å². The fourth-order valence-corrected chi connectivity index (χ4v) is 2.39. The molecule has 14 heavy (non-hydrogen) atoms. The summed E-state index contributed by atoms with van der Waals surface area (Å²) in [5.41, 5.74) is 4.11. The average molecular weight is 253 g/mol. The number of hydrogen-bond acceptors (Lipinski definition) is 1. The van der Waals surface area contributed by atoms with Gasteiger partial charge >= 0.3 is 0 Å². The molecule has 0 unspecified atom stereocenters. The molecule has 0 heterocycles. The number of halogens is 1. The number of benzene rings is 1. The maximum Gasteiger partial charge on any atom is 0.133 e. The first-order valence-electron chi connectivity index (χ1n) is 4.76. The van der Waals surface area contributed by atoms with Crippen LogP contribution < -0.4 is 4.74 Å². The normalized spacial score (nSPS) is 14.6. The van der Waals surface area contributed by atoms with Crippen molar-refractivity contribution in [2.24, 2.45) is 0 Å². The highest BCUT2D eigenvalue weighted by Gasteiger charge is 2.12. The Labute approximate surface area is 92.9 Å². The van der Waals surface area contributed by atoms with E-state index in [1.165, 1.54) is 16.7 Å². The standard InChI is InChI=1S/C12H13BrO/c1-8-4-3-5-9-6-12(14-2)11(13)7-10(8)9/h4,6-7H,3,5H2,1-2H3. The summed E-state index contributed by atoms with van der Waals surface area (Å²) >= 11 is 3.51. The number of allylic oxidation sites excluding steroid dienone is 2. The number of rotatable bonds is 1. The Hall–Kier alpha value is -0.760. The van der Waals surface area contributed by atoms with Crippen LogP contribution in [0.25, 0.3) is 5.57 Å². The lowest BCUT2D eigenvalue weighted by molar-refractivity contribution is 0.411. The predicted octanol–water partition coefficient (Wildman–Crippen LogP) is 3.81. The van der Waals surface area contributed by atoms with Gasteiger partial charge < -0.3 is 4.74 Å². The molecule has 2 rings (SSSR count). The second-order valence-electron chi connectivity index (χ2n) is 3.57. The summed E-state index contributed by atoms with van der Waals surface area (Å²) in [6.07, 6.45) is 4.56. The fraction of sp³-hybridized carbons (Fsp3) is 0.333. The summed E-state index contributed by atoms with van der Waals surface area (Å²) < 4.78 is 6.32. The maximum atomic E-state index is 5.28. The Bertz CT molecular complexity index is 394. The topological polar surface area (TPSA) is 9.23 Å². The van der Waals surface area contributed by atoms with Crippen LogP contribution >= 0.6 is 15.9 Å². The Balaban J connectivity index is 2.56. The van der Waals surface area contributed by atoms with E-state index in [9.17, 15) is 0 Å². The molecule has 2 heteroatoms. The van der Waals surface area contributed by atoms with Crippen molar-refractivity contribution < 1.29 is 4.74 Å². The zero-order chi connectivity index (χ0) is 10.1. The first kappa shape index (κ1) is 9.78. The van der Waals surface area contributed by atoms with Crippen molar-refractivity contribution in [2.75, 3.05) is 7.11 Å². The lowest BCUT2D eigenvalue weighted by atomic mass is 9.92. The van der Waals surface area contributed by atoms with E-state index in [0.717, 1.165) is 23.1 Å². The predicted molar refractivity (Wildman–Crippen MR) is 62.7 cm³/mol. The molecule has 0 saturated heterocycles. The Morgan fingerprint density at radius 2 is 2.14 bits per heavy atom. The van der Waals surface area contributed by atoms with Crippen molar-refractivity contribution >= 4 is 21.5 Å². The van der Waals surface area contributed by atoms with Crippen LogP contribution in [0.4, 0.5) is 0 Å². The minimum Gasteiger partial charge on any atom is -0.496 e. The number of ether oxygens (including phenoxy) is 1. The molecule has 0 aromatic heterocycles. The second kappa shape index (κ2) is 3.77. The van der Waals surface area contributed by atoms with Crippen LogP contribution in [0.1, 0.15) is 24.5 Å². The van der Waals surface area contributed by atoms with Gasteiger partial charge in [-0.15, -0.1) is 0 Å². The molecule has 0 saturated carbocycles. The highest BCUT2D eigenvalue weighted by Crippen LogP contribution is 2.34. The van der Waals surface area contributed by atoms with Crippen molar-refractivity contribution in [1.82, 2.24) is 0 Å². The van der Waals surface area contributed by atoms with E-state index in [1.54, 1.807) is 7.11 Å². The molecule has 0 atom stereocenters. The van der Waals surface area contributed by atoms with Crippen LogP contribution in [0, 0.1) is 0 Å². The minimum absolute atomic E-state index is 0.929. The van der Waals surface area contributed by atoms with E-state index in [-0.39, 0.29) is 0 Å². The average Bonchev–Trinajstić information content (AvgIpc) is 2.19. The maximum absolute atomic E-state index is 5.28. The van der Waals surface area contributed by atoms with Crippen LogP contribution in [0.15, 0.2) is 22.7 Å². The van der Waals surface area contributed by atoms with E-state index in [0.29, 0.717) is 0 Å². The van der Waals surface area contributed by atoms with Crippen LogP contribution in [0.5, 0.6) is 5.75 Å². The van der Waals surface area contributed by atoms with E-state index >= 15 is 0 Å². The van der Waals surface area contributed by atoms with Gasteiger partial charge in [0.05, 0.1) is 11.6 Å². The van der Waals surface area contributed by atoms with E-state index in [1.807, 2.05) is 0 Å². The van der Waals surface area contributed by atoms with Gasteiger partial charge in [-0.2, -0.15) is 0 Å². The van der Waals surface area contributed by atoms with Crippen LogP contribution in [0.2, 0.25) is 0 Å². The molecule has 0 bridgehead atoms. The lowest BCUT2D eigenvalue weighted by Crippen LogP contribution is -1.99. The van der Waals surface area contributed by atoms with Gasteiger partial charge in [0.2, 0.25) is 0 Å². The van der Waals surface area contributed by atoms with E-state index in [4.69, 9.17) is 4.74 Å². The van der Waals surface area contributed by atoms with Crippen LogP contribution in [-0.2, 0) is 6.42 Å². The molecule has 74 valence electrons. The van der Waals surface area contributed by atoms with E-state index in [2.05, 4.69) is 41.1 Å². The molecule has 0 radical (unpaired) electrons. The molecule has 0 spiro atoms. The molecule has 1 aliphatic rings. The fourth-order valence-electron chi connectivity index (χ4n) is 1.88. The van der Waals surface area contributed by atoms with Gasteiger partial charge in [-0.05, 0) is 64.5 Å². The van der Waals surface area contributed by atoms with Crippen molar-refractivity contribution in [3.05, 3.63) is 33.8 Å². The highest BCUT2D eigenvalue weighted by molar-refractivity contribution is 9.10. The molecule has 0 amide bonds. The van der Waals surface area contributed by atoms with Gasteiger partial charge in [-0.25, -0.2) is 0 Å². The van der Waals surface area contributed by atoms with Gasteiger partial charge in [-0.1, -0.05) is 6.08 Å². The largest absolute Gasteiger partial charge is 0.496 e. The number of fused-ring (bicyclic) bond motifs is 1. The first-order chi connectivity index (χ1) is 6.72. The summed E-state index contributed by atoms with van der Waals surface area (Å²) in [5.74, 6) is 0.929. The summed E-state index contributed by atoms with van der Waals surface area (Å²) in [4.78, 5) is 0. The smallest absolute Gasteiger partial charge is 0.133 e. The Morgan fingerprint density at radius 1 is 1.36 bits per heavy atom. The molecule has 1 aromatic rings. The molecule has 0 aliphatic heterocycles. The van der Waals surface area contributed by atoms with Gasteiger partial charge in [0, 0.05) is 0 Å². The lowest BCUT2D eigenvalue weighted by Gasteiger charge is -2.17. The number of methoxy groups -OCH3 is 1. The van der Waals surface area contributed by atoms with Crippen molar-refractivity contribution in [3.8, 4) is 5.75 Å². The van der Waals surface area contributed by atoms with E-state index < -0.39 is 0 Å². The van der Waals surface area contributed by atoms with Crippen molar-refractivity contribution in [3.63, 3.8) is 0 Å². The van der Waals surface area contributed by atoms with Crippen LogP contribution in [-0.4, -0.2) is 7.11 Å². The van der Waals surface area contributed by atoms with Gasteiger partial charge in [0.25, 0.3) is 0 Å². The van der Waals surface area contributed by atoms with Crippen molar-refractivity contribution in [2.45, 2.75) is 19.8 Å². The number of hydrogen-bond donors (Lipinski definition) is 0. The number of aryl methyl sites for hydroxylation is 1. The minimum atomic E-state index is 0.929. The molecular weight excluding hydrogens is 240 g/mol. The van der Waals surface area contributed by atoms with Crippen molar-refractivity contribution in [1.29, 1.82) is 0 Å². The Kier molecular flexibility index (Phi) is 2.64. The summed E-state index contributed by atoms with van der Waals surface area (Å²) in [6.45, 7) is 2.16. The van der Waals surface area contributed by atoms with Crippen LogP contribution in [0.3, 0.4) is 0 Å². The second-order valence-corrected chi connectivity index (χ2v) is 4.42. The monoisotopic (exact) mass is 252 g/mol. The zero-order valence-electron chi connectivity index (χ0n) is 8.43. The molecular formula is C12H13BrO. The SMILES string of the molecule is COc1cc2c(cc1Br)C(C)=CCC2. The molecule has 1 aromatic carbocycles. The highest BCUT2D eigenvalue weighted by atomic mass is 79.9. The zero-order valence-corrected chi connectivity index (χ0v) is 10.0. The third-order valence-corrected chi connectivity index (χ3v) is 3.29. The van der Waals surface area contributed by atoms with Gasteiger partial charge in [0.1, 0.15) is 5.75 Å². The molecule has 1 nitrogen and oxygen atoms in total. The third kappa shape index (κ3) is 1.59. The molecule has 0 fully saturated rings. The summed E-state index contributed by atoms with van der Waals surface area (Å²) in [6, 6.07) is 4.29. The first-order valence-corrected chi connectivity index (χ1v) is 5.55. The molecule has 1 aliphatic carbocycles. The van der Waals surface area contributed by atoms with Gasteiger partial charge in [-0.3, -0.25) is 0 Å². The molecule has 0 N–H and O–H groups in total.